The van der Waals surface area contributed by atoms with Gasteiger partial charge in [-0.1, -0.05) is 24.3 Å². The molecular formula is C30H30N6O5. The van der Waals surface area contributed by atoms with E-state index in [1.165, 1.54) is 12.1 Å². The Hall–Kier alpha value is -4.93. The van der Waals surface area contributed by atoms with Gasteiger partial charge in [-0.05, 0) is 42.5 Å². The third-order valence-electron chi connectivity index (χ3n) is 7.87. The number of nitro benzene ring substituents is 1. The van der Waals surface area contributed by atoms with Crippen LogP contribution in [0.15, 0.2) is 67.0 Å². The highest BCUT2D eigenvalue weighted by molar-refractivity contribution is 6.02. The number of ether oxygens (including phenoxy) is 2. The van der Waals surface area contributed by atoms with Crippen molar-refractivity contribution in [3.8, 4) is 11.5 Å². The number of rotatable bonds is 7. The van der Waals surface area contributed by atoms with Crippen LogP contribution in [0.2, 0.25) is 0 Å². The van der Waals surface area contributed by atoms with Crippen LogP contribution < -0.4 is 19.3 Å². The van der Waals surface area contributed by atoms with Gasteiger partial charge in [-0.2, -0.15) is 0 Å². The number of non-ortho nitro benzene ring substituents is 1. The Morgan fingerprint density at radius 3 is 2.49 bits per heavy atom. The normalized spacial score (nSPS) is 15.7. The summed E-state index contributed by atoms with van der Waals surface area (Å²) in [5.41, 5.74) is 2.98. The molecule has 2 amide bonds. The average molecular weight is 555 g/mol. The van der Waals surface area contributed by atoms with Crippen molar-refractivity contribution in [1.82, 2.24) is 14.9 Å². The Morgan fingerprint density at radius 1 is 0.976 bits per heavy atom. The number of nitro groups is 1. The zero-order valence-corrected chi connectivity index (χ0v) is 22.9. The van der Waals surface area contributed by atoms with Crippen molar-refractivity contribution in [1.29, 1.82) is 0 Å². The predicted molar refractivity (Wildman–Crippen MR) is 155 cm³/mol. The van der Waals surface area contributed by atoms with E-state index in [-0.39, 0.29) is 11.7 Å². The van der Waals surface area contributed by atoms with Crippen LogP contribution in [0.4, 0.5) is 27.7 Å². The minimum absolute atomic E-state index is 0.0504. The van der Waals surface area contributed by atoms with Crippen LogP contribution in [0.1, 0.15) is 18.4 Å². The van der Waals surface area contributed by atoms with E-state index in [2.05, 4.69) is 14.9 Å². The van der Waals surface area contributed by atoms with Crippen molar-refractivity contribution in [2.45, 2.75) is 19.4 Å². The molecule has 210 valence electrons. The lowest BCUT2D eigenvalue weighted by Gasteiger charge is -2.40. The van der Waals surface area contributed by atoms with Crippen molar-refractivity contribution in [2.75, 3.05) is 43.7 Å². The zero-order valence-electron chi connectivity index (χ0n) is 22.9. The van der Waals surface area contributed by atoms with Gasteiger partial charge in [0.25, 0.3) is 5.69 Å². The quantitative estimate of drug-likeness (QED) is 0.216. The number of methoxy groups -OCH3 is 2. The fourth-order valence-corrected chi connectivity index (χ4v) is 5.78. The summed E-state index contributed by atoms with van der Waals surface area (Å²) in [6.07, 6.45) is 3.35. The zero-order chi connectivity index (χ0) is 28.5. The molecule has 1 fully saturated rings. The highest BCUT2D eigenvalue weighted by atomic mass is 16.6. The molecule has 3 aromatic carbocycles. The van der Waals surface area contributed by atoms with Crippen LogP contribution in [0, 0.1) is 16.0 Å². The highest BCUT2D eigenvalue weighted by Gasteiger charge is 2.34. The van der Waals surface area contributed by atoms with Gasteiger partial charge in [0.2, 0.25) is 0 Å². The predicted octanol–water partition coefficient (Wildman–Crippen LogP) is 5.55. The van der Waals surface area contributed by atoms with E-state index in [4.69, 9.17) is 9.47 Å². The number of amides is 2. The number of urea groups is 1. The Labute approximate surface area is 237 Å². The molecule has 0 saturated carbocycles. The largest absolute Gasteiger partial charge is 0.493 e. The number of carbonyl (C=O) groups is 1. The van der Waals surface area contributed by atoms with Gasteiger partial charge in [0.15, 0.2) is 11.5 Å². The number of fused-ring (bicyclic) bond motifs is 2. The van der Waals surface area contributed by atoms with Crippen LogP contribution in [0.3, 0.4) is 0 Å². The van der Waals surface area contributed by atoms with Gasteiger partial charge in [0, 0.05) is 49.8 Å². The standard InChI is InChI=1S/C30H30N6O5/c1-40-27-15-24-25(16-28(27)41-2)31-19-32-29(24)33-12-10-20(11-13-33)17-34-18-21-6-3-4-9-26(21)35(30(34)37)22-7-5-8-23(14-22)36(38)39/h3-9,14-16,19-20H,10-13,17-18H2,1-2H3. The third kappa shape index (κ3) is 4.94. The summed E-state index contributed by atoms with van der Waals surface area (Å²) >= 11 is 0. The number of para-hydroxylation sites is 1. The Balaban J connectivity index is 1.20. The van der Waals surface area contributed by atoms with Crippen molar-refractivity contribution < 1.29 is 19.2 Å². The molecule has 0 N–H and O–H groups in total. The van der Waals surface area contributed by atoms with E-state index in [9.17, 15) is 14.9 Å². The minimum atomic E-state index is -0.442. The van der Waals surface area contributed by atoms with Crippen molar-refractivity contribution in [3.63, 3.8) is 0 Å². The van der Waals surface area contributed by atoms with Crippen LogP contribution in [-0.2, 0) is 6.54 Å². The molecule has 2 aliphatic rings. The second-order valence-corrected chi connectivity index (χ2v) is 10.3. The summed E-state index contributed by atoms with van der Waals surface area (Å²) in [7, 11) is 3.21. The molecule has 0 unspecified atom stereocenters. The molecule has 4 aromatic rings. The molecule has 1 saturated heterocycles. The summed E-state index contributed by atoms with van der Waals surface area (Å²) in [5.74, 6) is 2.41. The smallest absolute Gasteiger partial charge is 0.329 e. The van der Waals surface area contributed by atoms with Gasteiger partial charge in [-0.15, -0.1) is 0 Å². The summed E-state index contributed by atoms with van der Waals surface area (Å²) in [6, 6.07) is 17.6. The molecule has 41 heavy (non-hydrogen) atoms. The highest BCUT2D eigenvalue weighted by Crippen LogP contribution is 2.38. The maximum absolute atomic E-state index is 13.8. The maximum atomic E-state index is 13.8. The van der Waals surface area contributed by atoms with Crippen molar-refractivity contribution >= 4 is 39.8 Å². The van der Waals surface area contributed by atoms with E-state index in [0.29, 0.717) is 36.2 Å². The Morgan fingerprint density at radius 2 is 1.73 bits per heavy atom. The molecule has 0 spiro atoms. The molecule has 0 radical (unpaired) electrons. The van der Waals surface area contributed by atoms with Gasteiger partial charge in [0.1, 0.15) is 12.1 Å². The molecule has 0 atom stereocenters. The molecule has 2 aliphatic heterocycles. The number of hydrogen-bond acceptors (Lipinski definition) is 8. The molecular weight excluding hydrogens is 524 g/mol. The Kier molecular flexibility index (Phi) is 7.00. The number of aromatic nitrogens is 2. The lowest BCUT2D eigenvalue weighted by atomic mass is 9.95. The van der Waals surface area contributed by atoms with Gasteiger partial charge < -0.3 is 19.3 Å². The fraction of sp³-hybridized carbons (Fsp3) is 0.300. The molecule has 0 bridgehead atoms. The van der Waals surface area contributed by atoms with Gasteiger partial charge in [0.05, 0.1) is 36.0 Å². The first-order valence-corrected chi connectivity index (χ1v) is 13.5. The maximum Gasteiger partial charge on any atom is 0.329 e. The molecule has 3 heterocycles. The first-order chi connectivity index (χ1) is 20.0. The van der Waals surface area contributed by atoms with Gasteiger partial charge in [-0.25, -0.2) is 14.8 Å². The summed E-state index contributed by atoms with van der Waals surface area (Å²) < 4.78 is 10.9. The van der Waals surface area contributed by atoms with E-state index in [1.54, 1.807) is 37.6 Å². The summed E-state index contributed by atoms with van der Waals surface area (Å²) in [4.78, 5) is 39.5. The van der Waals surface area contributed by atoms with E-state index in [0.717, 1.165) is 53.9 Å². The second kappa shape index (κ2) is 10.9. The summed E-state index contributed by atoms with van der Waals surface area (Å²) in [6.45, 7) is 2.68. The first kappa shape index (κ1) is 26.3. The molecule has 0 aliphatic carbocycles. The number of hydrogen-bond donors (Lipinski definition) is 0. The number of nitrogens with zero attached hydrogens (tertiary/aromatic N) is 6. The first-order valence-electron chi connectivity index (χ1n) is 13.5. The molecule has 11 nitrogen and oxygen atoms in total. The lowest BCUT2D eigenvalue weighted by Crippen LogP contribution is -2.48. The van der Waals surface area contributed by atoms with Crippen LogP contribution >= 0.6 is 0 Å². The number of carbonyl (C=O) groups excluding carboxylic acids is 1. The third-order valence-corrected chi connectivity index (χ3v) is 7.87. The average Bonchev–Trinajstić information content (AvgIpc) is 3.01. The molecule has 1 aromatic heterocycles. The fourth-order valence-electron chi connectivity index (χ4n) is 5.78. The summed E-state index contributed by atoms with van der Waals surface area (Å²) in [5, 5.41) is 12.3. The number of piperidine rings is 1. The van der Waals surface area contributed by atoms with E-state index < -0.39 is 4.92 Å². The van der Waals surface area contributed by atoms with Gasteiger partial charge in [-0.3, -0.25) is 15.0 Å². The van der Waals surface area contributed by atoms with Crippen LogP contribution in [-0.4, -0.2) is 59.7 Å². The van der Waals surface area contributed by atoms with Crippen molar-refractivity contribution in [3.05, 3.63) is 82.7 Å². The molecule has 11 heteroatoms. The van der Waals surface area contributed by atoms with E-state index >= 15 is 0 Å². The molecule has 6 rings (SSSR count). The SMILES string of the molecule is COc1cc2ncnc(N3CCC(CN4Cc5ccccc5N(c5cccc([N+](=O)[O-])c5)C4=O)CC3)c2cc1OC. The van der Waals surface area contributed by atoms with Crippen molar-refractivity contribution in [2.24, 2.45) is 5.92 Å². The lowest BCUT2D eigenvalue weighted by molar-refractivity contribution is -0.384. The Bertz CT molecular complexity index is 1620. The number of benzene rings is 3. The monoisotopic (exact) mass is 554 g/mol. The minimum Gasteiger partial charge on any atom is -0.493 e. The van der Waals surface area contributed by atoms with Crippen LogP contribution in [0.25, 0.3) is 10.9 Å². The van der Waals surface area contributed by atoms with Crippen LogP contribution in [0.5, 0.6) is 11.5 Å². The number of anilines is 3. The van der Waals surface area contributed by atoms with Gasteiger partial charge >= 0.3 is 6.03 Å². The second-order valence-electron chi connectivity index (χ2n) is 10.3. The topological polar surface area (TPSA) is 114 Å². The van der Waals surface area contributed by atoms with E-state index in [1.807, 2.05) is 41.3 Å².